The predicted octanol–water partition coefficient (Wildman–Crippen LogP) is 3.63. The predicted molar refractivity (Wildman–Crippen MR) is 67.2 cm³/mol. The Kier molecular flexibility index (Phi) is 3.21. The standard InChI is InChI=1S/C11H9BrClNO2/c1-2-16-11(15)10-9(13)7-5-3-4-6-8(7)14(10)12/h3-6H,2H2,1H3. The van der Waals surface area contributed by atoms with Crippen LogP contribution in [-0.4, -0.2) is 16.2 Å². The second-order valence-corrected chi connectivity index (χ2v) is 4.27. The molecule has 1 aromatic heterocycles. The topological polar surface area (TPSA) is 31.2 Å². The van der Waals surface area contributed by atoms with Crippen molar-refractivity contribution < 1.29 is 9.53 Å². The van der Waals surface area contributed by atoms with Gasteiger partial charge in [0.2, 0.25) is 0 Å². The van der Waals surface area contributed by atoms with Gasteiger partial charge in [0.05, 0.1) is 33.3 Å². The van der Waals surface area contributed by atoms with Crippen LogP contribution in [0.3, 0.4) is 0 Å². The van der Waals surface area contributed by atoms with Gasteiger partial charge in [0, 0.05) is 5.39 Å². The Morgan fingerprint density at radius 2 is 2.19 bits per heavy atom. The molecule has 84 valence electrons. The fourth-order valence-electron chi connectivity index (χ4n) is 1.53. The zero-order chi connectivity index (χ0) is 11.7. The molecule has 0 unspecified atom stereocenters. The maximum absolute atomic E-state index is 11.7. The summed E-state index contributed by atoms with van der Waals surface area (Å²) in [4.78, 5) is 11.7. The first-order chi connectivity index (χ1) is 7.66. The van der Waals surface area contributed by atoms with Gasteiger partial charge in [-0.15, -0.1) is 0 Å². The van der Waals surface area contributed by atoms with E-state index in [0.29, 0.717) is 17.3 Å². The molecule has 2 rings (SSSR count). The van der Waals surface area contributed by atoms with Gasteiger partial charge in [-0.25, -0.2) is 4.79 Å². The molecule has 0 amide bonds. The highest BCUT2D eigenvalue weighted by Crippen LogP contribution is 2.32. The number of hydrogen-bond donors (Lipinski definition) is 0. The minimum absolute atomic E-state index is 0.323. The van der Waals surface area contributed by atoms with Crippen LogP contribution in [0.1, 0.15) is 17.4 Å². The number of aromatic nitrogens is 1. The average Bonchev–Trinajstić information content (AvgIpc) is 2.53. The molecule has 0 saturated carbocycles. The van der Waals surface area contributed by atoms with Crippen LogP contribution >= 0.6 is 27.7 Å². The van der Waals surface area contributed by atoms with Crippen LogP contribution in [0.2, 0.25) is 5.02 Å². The lowest BCUT2D eigenvalue weighted by Gasteiger charge is -2.02. The Morgan fingerprint density at radius 1 is 1.50 bits per heavy atom. The molecule has 0 aliphatic heterocycles. The molecule has 0 aliphatic rings. The van der Waals surface area contributed by atoms with Crippen LogP contribution in [0.4, 0.5) is 0 Å². The van der Waals surface area contributed by atoms with Crippen molar-refractivity contribution in [2.24, 2.45) is 0 Å². The Labute approximate surface area is 106 Å². The lowest BCUT2D eigenvalue weighted by atomic mass is 10.2. The molecule has 16 heavy (non-hydrogen) atoms. The lowest BCUT2D eigenvalue weighted by molar-refractivity contribution is 0.0520. The van der Waals surface area contributed by atoms with Gasteiger partial charge in [-0.3, -0.25) is 3.59 Å². The van der Waals surface area contributed by atoms with Crippen molar-refractivity contribution in [3.63, 3.8) is 0 Å². The largest absolute Gasteiger partial charge is 0.461 e. The van der Waals surface area contributed by atoms with E-state index in [0.717, 1.165) is 10.9 Å². The normalized spacial score (nSPS) is 10.7. The molecule has 2 aromatic rings. The van der Waals surface area contributed by atoms with Gasteiger partial charge in [-0.1, -0.05) is 29.8 Å². The summed E-state index contributed by atoms with van der Waals surface area (Å²) in [5, 5.41) is 1.23. The summed E-state index contributed by atoms with van der Waals surface area (Å²) in [6.07, 6.45) is 0. The number of carbonyl (C=O) groups excluding carboxylic acids is 1. The van der Waals surface area contributed by atoms with E-state index in [1.165, 1.54) is 0 Å². The molecule has 0 bridgehead atoms. The van der Waals surface area contributed by atoms with Gasteiger partial charge in [0.25, 0.3) is 0 Å². The highest BCUT2D eigenvalue weighted by molar-refractivity contribution is 9.08. The van der Waals surface area contributed by atoms with Crippen LogP contribution in [0, 0.1) is 0 Å². The van der Waals surface area contributed by atoms with Crippen LogP contribution in [0.25, 0.3) is 10.9 Å². The third kappa shape index (κ3) is 1.72. The number of para-hydroxylation sites is 1. The molecule has 0 spiro atoms. The number of esters is 1. The second kappa shape index (κ2) is 4.47. The second-order valence-electron chi connectivity index (χ2n) is 3.18. The molecule has 1 aromatic carbocycles. The highest BCUT2D eigenvalue weighted by atomic mass is 79.9. The molecule has 0 N–H and O–H groups in total. The average molecular weight is 303 g/mol. The fourth-order valence-corrected chi connectivity index (χ4v) is 2.59. The van der Waals surface area contributed by atoms with Gasteiger partial charge in [0.15, 0.2) is 5.69 Å². The first kappa shape index (κ1) is 11.5. The van der Waals surface area contributed by atoms with E-state index < -0.39 is 5.97 Å². The van der Waals surface area contributed by atoms with Gasteiger partial charge in [-0.2, -0.15) is 0 Å². The van der Waals surface area contributed by atoms with E-state index in [2.05, 4.69) is 16.1 Å². The molecular weight excluding hydrogens is 293 g/mol. The van der Waals surface area contributed by atoms with Crippen LogP contribution < -0.4 is 0 Å². The molecule has 3 nitrogen and oxygen atoms in total. The summed E-state index contributed by atoms with van der Waals surface area (Å²) >= 11 is 9.45. The molecule has 0 radical (unpaired) electrons. The van der Waals surface area contributed by atoms with Crippen molar-refractivity contribution in [1.82, 2.24) is 3.59 Å². The van der Waals surface area contributed by atoms with Crippen molar-refractivity contribution in [2.75, 3.05) is 6.61 Å². The quantitative estimate of drug-likeness (QED) is 0.793. The number of fused-ring (bicyclic) bond motifs is 1. The van der Waals surface area contributed by atoms with Crippen LogP contribution in [0.15, 0.2) is 24.3 Å². The van der Waals surface area contributed by atoms with Crippen LogP contribution in [0.5, 0.6) is 0 Å². The minimum atomic E-state index is -0.430. The maximum Gasteiger partial charge on any atom is 0.357 e. The number of benzene rings is 1. The third-order valence-corrected chi connectivity index (χ3v) is 3.34. The van der Waals surface area contributed by atoms with Crippen LogP contribution in [-0.2, 0) is 4.74 Å². The smallest absolute Gasteiger partial charge is 0.357 e. The summed E-state index contributed by atoms with van der Waals surface area (Å²) in [5.74, 6) is -0.430. The van der Waals surface area contributed by atoms with Crippen molar-refractivity contribution in [3.05, 3.63) is 35.0 Å². The number of nitrogens with zero attached hydrogens (tertiary/aromatic N) is 1. The molecule has 0 fully saturated rings. The molecule has 0 aliphatic carbocycles. The van der Waals surface area contributed by atoms with E-state index in [4.69, 9.17) is 16.3 Å². The van der Waals surface area contributed by atoms with Crippen molar-refractivity contribution in [3.8, 4) is 0 Å². The Morgan fingerprint density at radius 3 is 2.81 bits per heavy atom. The fraction of sp³-hybridized carbons (Fsp3) is 0.182. The van der Waals surface area contributed by atoms with E-state index in [1.54, 1.807) is 10.5 Å². The molecular formula is C11H9BrClNO2. The number of hydrogen-bond acceptors (Lipinski definition) is 2. The third-order valence-electron chi connectivity index (χ3n) is 2.23. The van der Waals surface area contributed by atoms with E-state index in [9.17, 15) is 4.79 Å². The van der Waals surface area contributed by atoms with Gasteiger partial charge >= 0.3 is 5.97 Å². The van der Waals surface area contributed by atoms with E-state index >= 15 is 0 Å². The van der Waals surface area contributed by atoms with Gasteiger partial charge < -0.3 is 4.74 Å². The summed E-state index contributed by atoms with van der Waals surface area (Å²) in [5.41, 5.74) is 1.17. The SMILES string of the molecule is CCOC(=O)c1c(Cl)c2ccccc2n1Br. The van der Waals surface area contributed by atoms with Crippen molar-refractivity contribution in [2.45, 2.75) is 6.92 Å². The first-order valence-corrected chi connectivity index (χ1v) is 5.87. The summed E-state index contributed by atoms with van der Waals surface area (Å²) < 4.78 is 6.52. The Hall–Kier alpha value is -1.000. The number of carbonyl (C=O) groups is 1. The molecule has 1 heterocycles. The Bertz CT molecular complexity index is 511. The lowest BCUT2D eigenvalue weighted by Crippen LogP contribution is -2.07. The van der Waals surface area contributed by atoms with E-state index in [1.807, 2.05) is 24.3 Å². The van der Waals surface area contributed by atoms with Crippen molar-refractivity contribution >= 4 is 44.6 Å². The summed E-state index contributed by atoms with van der Waals surface area (Å²) in [6, 6.07) is 7.48. The van der Waals surface area contributed by atoms with Crippen molar-refractivity contribution in [1.29, 1.82) is 0 Å². The number of ether oxygens (including phenoxy) is 1. The maximum atomic E-state index is 11.7. The Balaban J connectivity index is 2.66. The monoisotopic (exact) mass is 301 g/mol. The van der Waals surface area contributed by atoms with E-state index in [-0.39, 0.29) is 0 Å². The summed E-state index contributed by atoms with van der Waals surface area (Å²) in [6.45, 7) is 2.08. The highest BCUT2D eigenvalue weighted by Gasteiger charge is 2.21. The zero-order valence-corrected chi connectivity index (χ0v) is 10.9. The zero-order valence-electron chi connectivity index (χ0n) is 8.54. The molecule has 5 heteroatoms. The first-order valence-electron chi connectivity index (χ1n) is 4.79. The minimum Gasteiger partial charge on any atom is -0.461 e. The molecule has 0 atom stereocenters. The van der Waals surface area contributed by atoms with Gasteiger partial charge in [0.1, 0.15) is 0 Å². The molecule has 0 saturated heterocycles. The number of halogens is 2. The summed E-state index contributed by atoms with van der Waals surface area (Å²) in [7, 11) is 0. The van der Waals surface area contributed by atoms with Gasteiger partial charge in [-0.05, 0) is 13.0 Å². The number of rotatable bonds is 2.